The standard InChI is InChI=1S/C19H26N2/c1-14-5-9-17(13-15(14)2)19(20)12-8-16-6-10-18(11-7-16)21(3)4/h5-7,9-11,13,19H,8,12,20H2,1-4H3. The van der Waals surface area contributed by atoms with Crippen molar-refractivity contribution in [3.8, 4) is 0 Å². The number of aryl methyl sites for hydroxylation is 3. The molecule has 0 radical (unpaired) electrons. The van der Waals surface area contributed by atoms with E-state index in [0.717, 1.165) is 12.8 Å². The van der Waals surface area contributed by atoms with Gasteiger partial charge in [-0.25, -0.2) is 0 Å². The van der Waals surface area contributed by atoms with Gasteiger partial charge in [-0.2, -0.15) is 0 Å². The molecule has 0 saturated heterocycles. The number of rotatable bonds is 5. The van der Waals surface area contributed by atoms with Crippen LogP contribution >= 0.6 is 0 Å². The zero-order valence-corrected chi connectivity index (χ0v) is 13.6. The molecule has 0 aliphatic carbocycles. The van der Waals surface area contributed by atoms with Gasteiger partial charge in [-0.3, -0.25) is 0 Å². The van der Waals surface area contributed by atoms with Crippen molar-refractivity contribution in [3.05, 3.63) is 64.7 Å². The molecule has 2 nitrogen and oxygen atoms in total. The van der Waals surface area contributed by atoms with Crippen LogP contribution < -0.4 is 10.6 Å². The molecule has 0 aliphatic heterocycles. The summed E-state index contributed by atoms with van der Waals surface area (Å²) in [7, 11) is 4.12. The van der Waals surface area contributed by atoms with Crippen LogP contribution in [0.3, 0.4) is 0 Å². The quantitative estimate of drug-likeness (QED) is 0.898. The van der Waals surface area contributed by atoms with E-state index < -0.39 is 0 Å². The lowest BCUT2D eigenvalue weighted by molar-refractivity contribution is 0.651. The molecule has 112 valence electrons. The number of hydrogen-bond donors (Lipinski definition) is 1. The molecule has 2 aromatic rings. The first-order valence-corrected chi connectivity index (χ1v) is 7.56. The highest BCUT2D eigenvalue weighted by atomic mass is 15.1. The Bertz CT molecular complexity index is 585. The van der Waals surface area contributed by atoms with Gasteiger partial charge in [0.2, 0.25) is 0 Å². The van der Waals surface area contributed by atoms with E-state index in [4.69, 9.17) is 5.73 Å². The minimum atomic E-state index is 0.109. The molecule has 0 aromatic heterocycles. The van der Waals surface area contributed by atoms with Crippen LogP contribution in [0.25, 0.3) is 0 Å². The number of nitrogens with zero attached hydrogens (tertiary/aromatic N) is 1. The molecular formula is C19H26N2. The van der Waals surface area contributed by atoms with Crippen LogP contribution in [0.4, 0.5) is 5.69 Å². The van der Waals surface area contributed by atoms with Crippen molar-refractivity contribution in [2.24, 2.45) is 5.73 Å². The smallest absolute Gasteiger partial charge is 0.0361 e. The van der Waals surface area contributed by atoms with Crippen LogP contribution in [-0.4, -0.2) is 14.1 Å². The number of anilines is 1. The van der Waals surface area contributed by atoms with Gasteiger partial charge in [-0.15, -0.1) is 0 Å². The van der Waals surface area contributed by atoms with E-state index in [2.05, 4.69) is 75.3 Å². The van der Waals surface area contributed by atoms with Gasteiger partial charge >= 0.3 is 0 Å². The maximum Gasteiger partial charge on any atom is 0.0361 e. The second-order valence-electron chi connectivity index (χ2n) is 6.05. The molecule has 21 heavy (non-hydrogen) atoms. The van der Waals surface area contributed by atoms with E-state index in [-0.39, 0.29) is 6.04 Å². The Morgan fingerprint density at radius 1 is 0.952 bits per heavy atom. The van der Waals surface area contributed by atoms with E-state index in [9.17, 15) is 0 Å². The Kier molecular flexibility index (Phi) is 5.03. The van der Waals surface area contributed by atoms with Crippen molar-refractivity contribution in [2.45, 2.75) is 32.7 Å². The van der Waals surface area contributed by atoms with Crippen LogP contribution in [0.5, 0.6) is 0 Å². The van der Waals surface area contributed by atoms with Crippen molar-refractivity contribution in [3.63, 3.8) is 0 Å². The third-order valence-electron chi connectivity index (χ3n) is 4.16. The average Bonchev–Trinajstić information content (AvgIpc) is 2.48. The molecule has 0 fully saturated rings. The fraction of sp³-hybridized carbons (Fsp3) is 0.368. The first-order chi connectivity index (χ1) is 9.97. The number of hydrogen-bond acceptors (Lipinski definition) is 2. The first kappa shape index (κ1) is 15.6. The SMILES string of the molecule is Cc1ccc(C(N)CCc2ccc(N(C)C)cc2)cc1C. The molecule has 2 N–H and O–H groups in total. The third kappa shape index (κ3) is 4.08. The Hall–Kier alpha value is -1.80. The molecule has 0 bridgehead atoms. The summed E-state index contributed by atoms with van der Waals surface area (Å²) in [6.07, 6.45) is 1.99. The highest BCUT2D eigenvalue weighted by Crippen LogP contribution is 2.20. The molecule has 0 saturated carbocycles. The van der Waals surface area contributed by atoms with Crippen LogP contribution in [0, 0.1) is 13.8 Å². The van der Waals surface area contributed by atoms with Gasteiger partial charge in [-0.1, -0.05) is 30.3 Å². The Labute approximate surface area is 128 Å². The summed E-state index contributed by atoms with van der Waals surface area (Å²) in [5.41, 5.74) is 12.8. The fourth-order valence-corrected chi connectivity index (χ4v) is 2.44. The predicted octanol–water partition coefficient (Wildman–Crippen LogP) is 4.00. The van der Waals surface area contributed by atoms with E-state index >= 15 is 0 Å². The Balaban J connectivity index is 1.97. The van der Waals surface area contributed by atoms with Crippen molar-refractivity contribution < 1.29 is 0 Å². The maximum absolute atomic E-state index is 6.33. The average molecular weight is 282 g/mol. The molecule has 1 atom stereocenters. The summed E-state index contributed by atoms with van der Waals surface area (Å²) in [6.45, 7) is 4.28. The molecule has 0 heterocycles. The summed E-state index contributed by atoms with van der Waals surface area (Å²) in [4.78, 5) is 2.12. The fourth-order valence-electron chi connectivity index (χ4n) is 2.44. The topological polar surface area (TPSA) is 29.3 Å². The molecule has 2 aromatic carbocycles. The Morgan fingerprint density at radius 2 is 1.62 bits per heavy atom. The van der Waals surface area contributed by atoms with Crippen molar-refractivity contribution in [1.29, 1.82) is 0 Å². The van der Waals surface area contributed by atoms with E-state index in [1.54, 1.807) is 0 Å². The lowest BCUT2D eigenvalue weighted by Gasteiger charge is -2.15. The van der Waals surface area contributed by atoms with E-state index in [1.165, 1.54) is 27.9 Å². The molecule has 2 rings (SSSR count). The summed E-state index contributed by atoms with van der Waals surface area (Å²) < 4.78 is 0. The molecule has 2 heteroatoms. The van der Waals surface area contributed by atoms with Gasteiger partial charge in [0, 0.05) is 25.8 Å². The minimum Gasteiger partial charge on any atom is -0.378 e. The molecule has 0 aliphatic rings. The van der Waals surface area contributed by atoms with Crippen LogP contribution in [0.15, 0.2) is 42.5 Å². The van der Waals surface area contributed by atoms with E-state index in [0.29, 0.717) is 0 Å². The van der Waals surface area contributed by atoms with Crippen LogP contribution in [-0.2, 0) is 6.42 Å². The minimum absolute atomic E-state index is 0.109. The highest BCUT2D eigenvalue weighted by Gasteiger charge is 2.07. The summed E-state index contributed by atoms with van der Waals surface area (Å²) in [6, 6.07) is 15.4. The summed E-state index contributed by atoms with van der Waals surface area (Å²) in [5, 5.41) is 0. The first-order valence-electron chi connectivity index (χ1n) is 7.56. The number of nitrogens with two attached hydrogens (primary N) is 1. The van der Waals surface area contributed by atoms with E-state index in [1.807, 2.05) is 0 Å². The van der Waals surface area contributed by atoms with Crippen LogP contribution in [0.1, 0.15) is 34.7 Å². The normalized spacial score (nSPS) is 12.2. The monoisotopic (exact) mass is 282 g/mol. The maximum atomic E-state index is 6.33. The predicted molar refractivity (Wildman–Crippen MR) is 91.9 cm³/mol. The zero-order chi connectivity index (χ0) is 15.4. The lowest BCUT2D eigenvalue weighted by Crippen LogP contribution is -2.12. The Morgan fingerprint density at radius 3 is 2.19 bits per heavy atom. The van der Waals surface area contributed by atoms with Gasteiger partial charge < -0.3 is 10.6 Å². The van der Waals surface area contributed by atoms with Gasteiger partial charge in [0.1, 0.15) is 0 Å². The van der Waals surface area contributed by atoms with Crippen molar-refractivity contribution >= 4 is 5.69 Å². The van der Waals surface area contributed by atoms with Gasteiger partial charge in [0.15, 0.2) is 0 Å². The van der Waals surface area contributed by atoms with Crippen molar-refractivity contribution in [1.82, 2.24) is 0 Å². The second kappa shape index (κ2) is 6.77. The third-order valence-corrected chi connectivity index (χ3v) is 4.16. The second-order valence-corrected chi connectivity index (χ2v) is 6.05. The molecule has 0 spiro atoms. The largest absolute Gasteiger partial charge is 0.378 e. The van der Waals surface area contributed by atoms with Gasteiger partial charge in [0.05, 0.1) is 0 Å². The molecule has 1 unspecified atom stereocenters. The number of benzene rings is 2. The lowest BCUT2D eigenvalue weighted by atomic mass is 9.97. The molecule has 0 amide bonds. The van der Waals surface area contributed by atoms with Crippen LogP contribution in [0.2, 0.25) is 0 Å². The summed E-state index contributed by atoms with van der Waals surface area (Å²) >= 11 is 0. The highest BCUT2D eigenvalue weighted by molar-refractivity contribution is 5.46. The zero-order valence-electron chi connectivity index (χ0n) is 13.6. The van der Waals surface area contributed by atoms with Crippen molar-refractivity contribution in [2.75, 3.05) is 19.0 Å². The molecular weight excluding hydrogens is 256 g/mol. The summed E-state index contributed by atoms with van der Waals surface area (Å²) in [5.74, 6) is 0. The van der Waals surface area contributed by atoms with Gasteiger partial charge in [-0.05, 0) is 61.1 Å². The van der Waals surface area contributed by atoms with Gasteiger partial charge in [0.25, 0.3) is 0 Å².